The molecule has 7 heteroatoms. The van der Waals surface area contributed by atoms with E-state index in [0.717, 1.165) is 9.87 Å². The third kappa shape index (κ3) is 5.17. The first-order chi connectivity index (χ1) is 13.2. The molecule has 2 aromatic carbocycles. The smallest absolute Gasteiger partial charge is 0.307 e. The van der Waals surface area contributed by atoms with Crippen LogP contribution in [0.4, 0.5) is 4.39 Å². The van der Waals surface area contributed by atoms with Gasteiger partial charge in [0.25, 0.3) is 0 Å². The summed E-state index contributed by atoms with van der Waals surface area (Å²) < 4.78 is 47.1. The highest BCUT2D eigenvalue weighted by Crippen LogP contribution is 2.27. The van der Waals surface area contributed by atoms with Gasteiger partial charge >= 0.3 is 5.97 Å². The largest absolute Gasteiger partial charge is 0.466 e. The fraction of sp³-hybridized carbons (Fsp3) is 0.381. The zero-order valence-electron chi connectivity index (χ0n) is 16.7. The van der Waals surface area contributed by atoms with Gasteiger partial charge in [-0.05, 0) is 44.9 Å². The predicted molar refractivity (Wildman–Crippen MR) is 106 cm³/mol. The second kappa shape index (κ2) is 9.30. The molecular weight excluding hydrogens is 381 g/mol. The summed E-state index contributed by atoms with van der Waals surface area (Å²) in [6, 6.07) is 9.62. The first kappa shape index (κ1) is 22.0. The molecule has 0 spiro atoms. The van der Waals surface area contributed by atoms with Gasteiger partial charge in [-0.3, -0.25) is 4.79 Å². The normalized spacial score (nSPS) is 11.6. The van der Waals surface area contributed by atoms with Crippen LogP contribution in [-0.2, 0) is 26.1 Å². The summed E-state index contributed by atoms with van der Waals surface area (Å²) in [5, 5.41) is 0. The zero-order valence-corrected chi connectivity index (χ0v) is 17.5. The molecule has 0 radical (unpaired) electrons. The summed E-state index contributed by atoms with van der Waals surface area (Å²) in [6.07, 6.45) is -0.106. The molecule has 0 heterocycles. The Morgan fingerprint density at radius 1 is 1.11 bits per heavy atom. The van der Waals surface area contributed by atoms with Gasteiger partial charge in [0.15, 0.2) is 0 Å². The van der Waals surface area contributed by atoms with Crippen molar-refractivity contribution in [3.05, 3.63) is 64.5 Å². The minimum absolute atomic E-state index is 0.0950. The fourth-order valence-electron chi connectivity index (χ4n) is 3.25. The van der Waals surface area contributed by atoms with Gasteiger partial charge in [0.05, 0.1) is 17.9 Å². The van der Waals surface area contributed by atoms with Crippen LogP contribution in [0.3, 0.4) is 0 Å². The molecule has 28 heavy (non-hydrogen) atoms. The van der Waals surface area contributed by atoms with E-state index in [0.29, 0.717) is 11.1 Å². The predicted octanol–water partition coefficient (Wildman–Crippen LogP) is 3.90. The molecule has 0 aromatic heterocycles. The molecule has 0 aliphatic carbocycles. The fourth-order valence-corrected chi connectivity index (χ4v) is 5.08. The van der Waals surface area contributed by atoms with Crippen LogP contribution in [-0.4, -0.2) is 31.8 Å². The number of rotatable bonds is 8. The number of sulfonamides is 1. The number of hydrogen-bond acceptors (Lipinski definition) is 4. The van der Waals surface area contributed by atoms with Crippen molar-refractivity contribution in [1.82, 2.24) is 4.31 Å². The Bertz CT molecular complexity index is 934. The van der Waals surface area contributed by atoms with E-state index in [1.54, 1.807) is 45.0 Å². The van der Waals surface area contributed by atoms with Gasteiger partial charge in [-0.15, -0.1) is 0 Å². The van der Waals surface area contributed by atoms with Gasteiger partial charge in [-0.1, -0.05) is 35.9 Å². The molecule has 0 bridgehead atoms. The Morgan fingerprint density at radius 3 is 2.29 bits per heavy atom. The summed E-state index contributed by atoms with van der Waals surface area (Å²) >= 11 is 0. The van der Waals surface area contributed by atoms with Crippen molar-refractivity contribution in [3.8, 4) is 0 Å². The third-order valence-corrected chi connectivity index (χ3v) is 6.53. The molecule has 0 fully saturated rings. The second-order valence-electron chi connectivity index (χ2n) is 6.71. The van der Waals surface area contributed by atoms with E-state index in [9.17, 15) is 17.6 Å². The van der Waals surface area contributed by atoms with Crippen LogP contribution in [0.25, 0.3) is 0 Å². The third-order valence-electron chi connectivity index (χ3n) is 4.38. The Balaban J connectivity index is 2.44. The first-order valence-corrected chi connectivity index (χ1v) is 10.6. The minimum Gasteiger partial charge on any atom is -0.466 e. The number of halogens is 1. The molecule has 0 N–H and O–H groups in total. The number of aryl methyl sites for hydroxylation is 3. The van der Waals surface area contributed by atoms with Crippen LogP contribution in [0.1, 0.15) is 35.6 Å². The summed E-state index contributed by atoms with van der Waals surface area (Å²) in [4.78, 5) is 12.0. The molecule has 0 unspecified atom stereocenters. The molecule has 0 aliphatic rings. The molecule has 152 valence electrons. The van der Waals surface area contributed by atoms with Crippen LogP contribution in [0, 0.1) is 26.6 Å². The van der Waals surface area contributed by atoms with Crippen molar-refractivity contribution >= 4 is 16.0 Å². The maximum atomic E-state index is 14.2. The molecule has 0 saturated heterocycles. The van der Waals surface area contributed by atoms with Crippen molar-refractivity contribution in [3.63, 3.8) is 0 Å². The summed E-state index contributed by atoms with van der Waals surface area (Å²) in [5.74, 6) is -0.982. The van der Waals surface area contributed by atoms with Crippen molar-refractivity contribution in [1.29, 1.82) is 0 Å². The Morgan fingerprint density at radius 2 is 1.71 bits per heavy atom. The van der Waals surface area contributed by atoms with Gasteiger partial charge in [-0.25, -0.2) is 12.8 Å². The highest BCUT2D eigenvalue weighted by atomic mass is 32.2. The molecule has 0 aliphatic heterocycles. The maximum Gasteiger partial charge on any atom is 0.307 e. The topological polar surface area (TPSA) is 63.7 Å². The lowest BCUT2D eigenvalue weighted by molar-refractivity contribution is -0.143. The lowest BCUT2D eigenvalue weighted by Gasteiger charge is -2.24. The van der Waals surface area contributed by atoms with Crippen LogP contribution >= 0.6 is 0 Å². The van der Waals surface area contributed by atoms with E-state index in [2.05, 4.69) is 0 Å². The molecule has 0 amide bonds. The molecule has 5 nitrogen and oxygen atoms in total. The van der Waals surface area contributed by atoms with Gasteiger partial charge in [0, 0.05) is 18.7 Å². The summed E-state index contributed by atoms with van der Waals surface area (Å²) in [5.41, 5.74) is 2.44. The van der Waals surface area contributed by atoms with E-state index in [4.69, 9.17) is 4.74 Å². The SMILES string of the molecule is CCOC(=O)CCN(Cc1ccccc1F)S(=O)(=O)c1c(C)cc(C)cc1C. The molecule has 2 rings (SSSR count). The number of ether oxygens (including phenoxy) is 1. The van der Waals surface area contributed by atoms with Gasteiger partial charge in [-0.2, -0.15) is 4.31 Å². The highest BCUT2D eigenvalue weighted by Gasteiger charge is 2.29. The van der Waals surface area contributed by atoms with E-state index in [1.165, 1.54) is 12.1 Å². The van der Waals surface area contributed by atoms with Crippen LogP contribution in [0.15, 0.2) is 41.3 Å². The van der Waals surface area contributed by atoms with E-state index in [-0.39, 0.29) is 36.6 Å². The van der Waals surface area contributed by atoms with Crippen LogP contribution in [0.2, 0.25) is 0 Å². The Labute approximate surface area is 166 Å². The molecule has 0 saturated carbocycles. The van der Waals surface area contributed by atoms with Crippen LogP contribution < -0.4 is 0 Å². The lowest BCUT2D eigenvalue weighted by atomic mass is 10.1. The second-order valence-corrected chi connectivity index (χ2v) is 8.59. The summed E-state index contributed by atoms with van der Waals surface area (Å²) in [7, 11) is -3.95. The van der Waals surface area contributed by atoms with Gasteiger partial charge in [0.1, 0.15) is 5.82 Å². The van der Waals surface area contributed by atoms with Gasteiger partial charge < -0.3 is 4.74 Å². The van der Waals surface area contributed by atoms with E-state index < -0.39 is 21.8 Å². The van der Waals surface area contributed by atoms with Crippen molar-refractivity contribution < 1.29 is 22.3 Å². The van der Waals surface area contributed by atoms with E-state index >= 15 is 0 Å². The summed E-state index contributed by atoms with van der Waals surface area (Å²) in [6.45, 7) is 7.01. The molecule has 2 aromatic rings. The van der Waals surface area contributed by atoms with Crippen molar-refractivity contribution in [2.45, 2.75) is 45.6 Å². The van der Waals surface area contributed by atoms with E-state index in [1.807, 2.05) is 6.92 Å². The van der Waals surface area contributed by atoms with Crippen molar-refractivity contribution in [2.24, 2.45) is 0 Å². The standard InChI is InChI=1S/C21H26FNO4S/c1-5-27-20(24)10-11-23(14-18-8-6-7-9-19(18)22)28(25,26)21-16(3)12-15(2)13-17(21)4/h6-9,12-13H,5,10-11,14H2,1-4H3. The number of carbonyl (C=O) groups is 1. The molecule has 0 atom stereocenters. The quantitative estimate of drug-likeness (QED) is 0.623. The number of carbonyl (C=O) groups excluding carboxylic acids is 1. The van der Waals surface area contributed by atoms with Crippen molar-refractivity contribution in [2.75, 3.05) is 13.2 Å². The average Bonchev–Trinajstić information content (AvgIpc) is 2.59. The number of esters is 1. The number of benzene rings is 2. The lowest BCUT2D eigenvalue weighted by Crippen LogP contribution is -2.34. The maximum absolute atomic E-state index is 14.2. The average molecular weight is 408 g/mol. The molecular formula is C21H26FNO4S. The number of nitrogens with zero attached hydrogens (tertiary/aromatic N) is 1. The highest BCUT2D eigenvalue weighted by molar-refractivity contribution is 7.89. The number of hydrogen-bond donors (Lipinski definition) is 0. The van der Waals surface area contributed by atoms with Gasteiger partial charge in [0.2, 0.25) is 10.0 Å². The minimum atomic E-state index is -3.95. The Hall–Kier alpha value is -2.25. The monoisotopic (exact) mass is 407 g/mol. The zero-order chi connectivity index (χ0) is 20.9. The first-order valence-electron chi connectivity index (χ1n) is 9.13. The van der Waals surface area contributed by atoms with Crippen LogP contribution in [0.5, 0.6) is 0 Å². The Kier molecular flexibility index (Phi) is 7.32.